The number of hydrogen-bond donors (Lipinski definition) is 0. The number of esters is 1. The average Bonchev–Trinajstić information content (AvgIpc) is 3.11. The number of ether oxygens (including phenoxy) is 2. The minimum Gasteiger partial charge on any atom is -0.487 e. The van der Waals surface area contributed by atoms with E-state index in [4.69, 9.17) is 9.47 Å². The molecule has 0 aliphatic carbocycles. The Morgan fingerprint density at radius 1 is 1.03 bits per heavy atom. The summed E-state index contributed by atoms with van der Waals surface area (Å²) in [6.07, 6.45) is 1.69. The highest BCUT2D eigenvalue weighted by Gasteiger charge is 2.25. The van der Waals surface area contributed by atoms with E-state index < -0.39 is 5.97 Å². The Balaban J connectivity index is 1.57. The molecule has 0 atom stereocenters. The summed E-state index contributed by atoms with van der Waals surface area (Å²) in [5, 5.41) is 0. The molecule has 3 aromatic carbocycles. The Morgan fingerprint density at radius 3 is 2.44 bits per heavy atom. The normalized spacial score (nSPS) is 14.5. The fraction of sp³-hybridized carbons (Fsp3) is 0.0833. The van der Waals surface area contributed by atoms with Crippen molar-refractivity contribution in [3.05, 3.63) is 99.5 Å². The zero-order chi connectivity index (χ0) is 22.8. The second-order valence-electron chi connectivity index (χ2n) is 6.99. The highest BCUT2D eigenvalue weighted by Crippen LogP contribution is 2.36. The summed E-state index contributed by atoms with van der Waals surface area (Å²) < 4.78 is 14.9. The molecule has 0 saturated carbocycles. The van der Waals surface area contributed by atoms with Crippen LogP contribution in [0, 0.1) is 10.5 Å². The first-order valence-corrected chi connectivity index (χ1v) is 12.9. The molecule has 0 aromatic heterocycles. The van der Waals surface area contributed by atoms with E-state index in [9.17, 15) is 4.79 Å². The topological polar surface area (TPSA) is 47.9 Å². The lowest BCUT2D eigenvalue weighted by atomic mass is 10.1. The van der Waals surface area contributed by atoms with Gasteiger partial charge in [0.2, 0.25) is 5.90 Å². The fourth-order valence-electron chi connectivity index (χ4n) is 3.04. The van der Waals surface area contributed by atoms with E-state index in [-0.39, 0.29) is 11.6 Å². The number of carbonyl (C=O) groups is 1. The van der Waals surface area contributed by atoms with E-state index >= 15 is 0 Å². The number of cyclic esters (lactones) is 1. The summed E-state index contributed by atoms with van der Waals surface area (Å²) in [7, 11) is 0. The smallest absolute Gasteiger partial charge is 0.363 e. The molecular formula is C24H15Br3INO3. The van der Waals surface area contributed by atoms with Crippen molar-refractivity contribution in [1.82, 2.24) is 0 Å². The van der Waals surface area contributed by atoms with Gasteiger partial charge in [0.25, 0.3) is 0 Å². The quantitative estimate of drug-likeness (QED) is 0.153. The van der Waals surface area contributed by atoms with Crippen LogP contribution in [0.25, 0.3) is 6.08 Å². The van der Waals surface area contributed by atoms with Crippen LogP contribution in [0.2, 0.25) is 0 Å². The molecule has 1 aliphatic heterocycles. The standard InChI is InChI=1S/C24H15Br3INO3/c1-13-4-2-3-5-16(13)12-31-22-18(26)8-14(9-19(22)27)10-21-24(30)32-23(29-21)15-6-7-20(28)17(25)11-15/h2-11H,12H2,1H3/b21-10-. The number of nitrogens with zero attached hydrogens (tertiary/aromatic N) is 1. The van der Waals surface area contributed by atoms with Crippen molar-refractivity contribution in [2.75, 3.05) is 0 Å². The lowest BCUT2D eigenvalue weighted by Gasteiger charge is -2.12. The molecule has 4 nitrogen and oxygen atoms in total. The maximum absolute atomic E-state index is 12.4. The molecule has 4 rings (SSSR count). The fourth-order valence-corrected chi connectivity index (χ4v) is 5.21. The zero-order valence-electron chi connectivity index (χ0n) is 16.7. The van der Waals surface area contributed by atoms with Gasteiger partial charge in [-0.2, -0.15) is 0 Å². The van der Waals surface area contributed by atoms with Crippen LogP contribution in [-0.2, 0) is 16.1 Å². The molecule has 0 fully saturated rings. The lowest BCUT2D eigenvalue weighted by Crippen LogP contribution is -2.05. The van der Waals surface area contributed by atoms with Crippen LogP contribution < -0.4 is 4.74 Å². The van der Waals surface area contributed by atoms with Crippen molar-refractivity contribution >= 4 is 88.3 Å². The van der Waals surface area contributed by atoms with Crippen LogP contribution in [0.1, 0.15) is 22.3 Å². The molecule has 3 aromatic rings. The number of carbonyl (C=O) groups excluding carboxylic acids is 1. The number of aryl methyl sites for hydroxylation is 1. The SMILES string of the molecule is Cc1ccccc1COc1c(Br)cc(/C=C2\N=C(c3ccc(I)c(Br)c3)OC2=O)cc1Br. The van der Waals surface area contributed by atoms with Gasteiger partial charge in [0, 0.05) is 13.6 Å². The summed E-state index contributed by atoms with van der Waals surface area (Å²) >= 11 is 12.9. The lowest BCUT2D eigenvalue weighted by molar-refractivity contribution is -0.129. The van der Waals surface area contributed by atoms with Gasteiger partial charge in [-0.15, -0.1) is 0 Å². The highest BCUT2D eigenvalue weighted by atomic mass is 127. The van der Waals surface area contributed by atoms with Gasteiger partial charge in [-0.3, -0.25) is 0 Å². The van der Waals surface area contributed by atoms with Crippen molar-refractivity contribution in [3.63, 3.8) is 0 Å². The second kappa shape index (κ2) is 10.2. The molecule has 0 radical (unpaired) electrons. The molecule has 32 heavy (non-hydrogen) atoms. The van der Waals surface area contributed by atoms with Crippen molar-refractivity contribution in [2.45, 2.75) is 13.5 Å². The van der Waals surface area contributed by atoms with E-state index in [1.54, 1.807) is 6.08 Å². The van der Waals surface area contributed by atoms with Gasteiger partial charge >= 0.3 is 5.97 Å². The van der Waals surface area contributed by atoms with Gasteiger partial charge in [-0.1, -0.05) is 24.3 Å². The van der Waals surface area contributed by atoms with Crippen molar-refractivity contribution in [2.24, 2.45) is 4.99 Å². The van der Waals surface area contributed by atoms with E-state index in [1.165, 1.54) is 5.56 Å². The predicted octanol–water partition coefficient (Wildman–Crippen LogP) is 7.81. The molecule has 0 N–H and O–H groups in total. The Hall–Kier alpha value is -1.49. The number of hydrogen-bond acceptors (Lipinski definition) is 4. The van der Waals surface area contributed by atoms with E-state index in [1.807, 2.05) is 48.5 Å². The van der Waals surface area contributed by atoms with Gasteiger partial charge < -0.3 is 9.47 Å². The molecule has 1 aliphatic rings. The first kappa shape index (κ1) is 23.7. The van der Waals surface area contributed by atoms with Gasteiger partial charge in [-0.25, -0.2) is 9.79 Å². The Kier molecular flexibility index (Phi) is 7.54. The minimum absolute atomic E-state index is 0.238. The van der Waals surface area contributed by atoms with Gasteiger partial charge in [0.05, 0.1) is 8.95 Å². The third-order valence-electron chi connectivity index (χ3n) is 4.74. The molecule has 0 bridgehead atoms. The first-order chi connectivity index (χ1) is 15.3. The third-order valence-corrected chi connectivity index (χ3v) is 8.26. The van der Waals surface area contributed by atoms with Crippen LogP contribution in [0.15, 0.2) is 78.7 Å². The number of benzene rings is 3. The largest absolute Gasteiger partial charge is 0.487 e. The number of halogens is 4. The Morgan fingerprint density at radius 2 is 1.75 bits per heavy atom. The second-order valence-corrected chi connectivity index (χ2v) is 10.7. The molecule has 162 valence electrons. The molecule has 1 heterocycles. The summed E-state index contributed by atoms with van der Waals surface area (Å²) in [5.41, 5.74) is 4.05. The number of rotatable bonds is 5. The van der Waals surface area contributed by atoms with Crippen molar-refractivity contribution < 1.29 is 14.3 Å². The van der Waals surface area contributed by atoms with E-state index in [0.29, 0.717) is 12.4 Å². The zero-order valence-corrected chi connectivity index (χ0v) is 23.6. The molecule has 0 saturated heterocycles. The monoisotopic (exact) mass is 729 g/mol. The molecule has 8 heteroatoms. The summed E-state index contributed by atoms with van der Waals surface area (Å²) in [6.45, 7) is 2.51. The third kappa shape index (κ3) is 5.35. The maximum Gasteiger partial charge on any atom is 0.363 e. The molecule has 0 unspecified atom stereocenters. The van der Waals surface area contributed by atoms with Crippen LogP contribution in [0.3, 0.4) is 0 Å². The molecular weight excluding hydrogens is 717 g/mol. The van der Waals surface area contributed by atoms with Crippen molar-refractivity contribution in [1.29, 1.82) is 0 Å². The average molecular weight is 732 g/mol. The summed E-state index contributed by atoms with van der Waals surface area (Å²) in [6, 6.07) is 17.6. The molecule has 0 amide bonds. The Bertz CT molecular complexity index is 1260. The number of aliphatic imine (C=N–C) groups is 1. The summed E-state index contributed by atoms with van der Waals surface area (Å²) in [5.74, 6) is 0.494. The van der Waals surface area contributed by atoms with Crippen LogP contribution >= 0.6 is 70.4 Å². The maximum atomic E-state index is 12.4. The Labute approximate surface area is 224 Å². The first-order valence-electron chi connectivity index (χ1n) is 9.46. The molecule has 0 spiro atoms. The van der Waals surface area contributed by atoms with Crippen LogP contribution in [0.5, 0.6) is 5.75 Å². The minimum atomic E-state index is -0.484. The van der Waals surface area contributed by atoms with E-state index in [0.717, 1.165) is 33.7 Å². The van der Waals surface area contributed by atoms with Gasteiger partial charge in [0.15, 0.2) is 5.70 Å². The predicted molar refractivity (Wildman–Crippen MR) is 145 cm³/mol. The van der Waals surface area contributed by atoms with Gasteiger partial charge in [0.1, 0.15) is 12.4 Å². The van der Waals surface area contributed by atoms with Gasteiger partial charge in [-0.05, 0) is 130 Å². The summed E-state index contributed by atoms with van der Waals surface area (Å²) in [4.78, 5) is 16.8. The van der Waals surface area contributed by atoms with E-state index in [2.05, 4.69) is 88.4 Å². The van der Waals surface area contributed by atoms with Crippen molar-refractivity contribution in [3.8, 4) is 5.75 Å². The van der Waals surface area contributed by atoms with Crippen LogP contribution in [0.4, 0.5) is 0 Å². The van der Waals surface area contributed by atoms with Crippen LogP contribution in [-0.4, -0.2) is 11.9 Å². The highest BCUT2D eigenvalue weighted by molar-refractivity contribution is 14.1.